The summed E-state index contributed by atoms with van der Waals surface area (Å²) in [6, 6.07) is 17.6. The number of alkyl halides is 3. The Morgan fingerprint density at radius 1 is 0.860 bits per heavy atom. The zero-order valence-electron chi connectivity index (χ0n) is 22.8. The van der Waals surface area contributed by atoms with Crippen LogP contribution in [0.3, 0.4) is 0 Å². The lowest BCUT2D eigenvalue weighted by Gasteiger charge is -2.22. The maximum Gasteiger partial charge on any atom is 0.416 e. The molecule has 1 fully saturated rings. The topological polar surface area (TPSA) is 113 Å². The molecule has 222 valence electrons. The average molecular weight is 608 g/mol. The highest BCUT2D eigenvalue weighted by Gasteiger charge is 2.31. The summed E-state index contributed by atoms with van der Waals surface area (Å²) in [5, 5.41) is 8.48. The molecule has 1 aliphatic heterocycles. The van der Waals surface area contributed by atoms with E-state index in [1.165, 1.54) is 12.1 Å². The second kappa shape index (κ2) is 12.8. The fraction of sp³-hybridized carbons (Fsp3) is 0.194. The summed E-state index contributed by atoms with van der Waals surface area (Å²) >= 11 is 0. The van der Waals surface area contributed by atoms with Crippen molar-refractivity contribution in [1.82, 2.24) is 15.3 Å². The molecule has 4 aromatic rings. The second-order valence-corrected chi connectivity index (χ2v) is 12.2. The minimum Gasteiger partial charge on any atom is -0.324 e. The molecule has 1 aromatic heterocycles. The highest BCUT2D eigenvalue weighted by molar-refractivity contribution is 7.92. The van der Waals surface area contributed by atoms with Gasteiger partial charge >= 0.3 is 6.18 Å². The molecule has 3 N–H and O–H groups in total. The summed E-state index contributed by atoms with van der Waals surface area (Å²) in [6.07, 6.45) is 3.57. The van der Waals surface area contributed by atoms with Gasteiger partial charge in [-0.2, -0.15) is 13.2 Å². The molecule has 0 bridgehead atoms. The summed E-state index contributed by atoms with van der Waals surface area (Å²) in [4.78, 5) is 21.3. The number of nitrogens with zero attached hydrogens (tertiary/aromatic N) is 2. The number of sulfone groups is 1. The molecule has 2 heterocycles. The van der Waals surface area contributed by atoms with E-state index in [2.05, 4.69) is 25.9 Å². The number of piperidine rings is 1. The van der Waals surface area contributed by atoms with Crippen LogP contribution in [-0.2, 0) is 16.0 Å². The number of carbonyl (C=O) groups excluding carboxylic acids is 1. The van der Waals surface area contributed by atoms with E-state index >= 15 is 0 Å². The maximum absolute atomic E-state index is 12.9. The zero-order valence-corrected chi connectivity index (χ0v) is 23.6. The van der Waals surface area contributed by atoms with E-state index in [9.17, 15) is 26.4 Å². The first-order valence-corrected chi connectivity index (χ1v) is 15.0. The predicted octanol–water partition coefficient (Wildman–Crippen LogP) is 6.19. The molecule has 8 nitrogen and oxygen atoms in total. The standard InChI is InChI=1S/C31H28F3N5O3S/c32-31(33,34)24-3-1-2-23(18-24)29(40)38-25-8-6-21(7-9-25)4-5-22-19-36-30(37-20-22)39-26-10-12-27(13-11-26)43(41,42)28-14-16-35-17-15-28/h1-13,18-20,28,35H,14-17H2,(H,38,40)(H,36,37,39). The van der Waals surface area contributed by atoms with Gasteiger partial charge in [0.15, 0.2) is 9.84 Å². The lowest BCUT2D eigenvalue weighted by Crippen LogP contribution is -2.35. The number of rotatable bonds is 8. The molecule has 43 heavy (non-hydrogen) atoms. The lowest BCUT2D eigenvalue weighted by atomic mass is 10.1. The number of carbonyl (C=O) groups is 1. The van der Waals surface area contributed by atoms with Crippen molar-refractivity contribution < 1.29 is 26.4 Å². The SMILES string of the molecule is O=C(Nc1ccc(C=Cc2cnc(Nc3ccc(S(=O)(=O)C4CCNCC4)cc3)nc2)cc1)c1cccc(C(F)(F)F)c1. The van der Waals surface area contributed by atoms with Crippen LogP contribution in [0.4, 0.5) is 30.5 Å². The number of amides is 1. The third kappa shape index (κ3) is 7.65. The largest absolute Gasteiger partial charge is 0.416 e. The van der Waals surface area contributed by atoms with Crippen molar-refractivity contribution in [2.45, 2.75) is 29.2 Å². The Balaban J connectivity index is 1.15. The maximum atomic E-state index is 12.9. The van der Waals surface area contributed by atoms with E-state index in [1.807, 2.05) is 6.08 Å². The molecule has 0 atom stereocenters. The van der Waals surface area contributed by atoms with Crippen molar-refractivity contribution >= 4 is 45.2 Å². The van der Waals surface area contributed by atoms with Gasteiger partial charge in [0.25, 0.3) is 5.91 Å². The molecule has 0 saturated carbocycles. The fourth-order valence-electron chi connectivity index (χ4n) is 4.55. The summed E-state index contributed by atoms with van der Waals surface area (Å²) in [5.74, 6) is -0.287. The molecular weight excluding hydrogens is 579 g/mol. The molecule has 5 rings (SSSR count). The summed E-state index contributed by atoms with van der Waals surface area (Å²) in [7, 11) is -3.37. The van der Waals surface area contributed by atoms with E-state index < -0.39 is 27.5 Å². The lowest BCUT2D eigenvalue weighted by molar-refractivity contribution is -0.137. The van der Waals surface area contributed by atoms with Gasteiger partial charge in [-0.25, -0.2) is 18.4 Å². The Kier molecular flexibility index (Phi) is 8.88. The van der Waals surface area contributed by atoms with E-state index in [1.54, 1.807) is 67.0 Å². The third-order valence-electron chi connectivity index (χ3n) is 6.92. The first-order chi connectivity index (χ1) is 20.6. The zero-order chi connectivity index (χ0) is 30.5. The Morgan fingerprint density at radius 3 is 2.14 bits per heavy atom. The van der Waals surface area contributed by atoms with Gasteiger partial charge in [-0.05, 0) is 86.1 Å². The molecule has 12 heteroatoms. The van der Waals surface area contributed by atoms with Gasteiger partial charge in [0.2, 0.25) is 5.95 Å². The third-order valence-corrected chi connectivity index (χ3v) is 9.20. The number of aromatic nitrogens is 2. The van der Waals surface area contributed by atoms with Crippen LogP contribution in [0.1, 0.15) is 39.9 Å². The van der Waals surface area contributed by atoms with Crippen LogP contribution < -0.4 is 16.0 Å². The van der Waals surface area contributed by atoms with Crippen LogP contribution >= 0.6 is 0 Å². The molecule has 1 saturated heterocycles. The smallest absolute Gasteiger partial charge is 0.324 e. The van der Waals surface area contributed by atoms with Crippen LogP contribution in [0, 0.1) is 0 Å². The molecule has 1 amide bonds. The fourth-order valence-corrected chi connectivity index (χ4v) is 6.31. The average Bonchev–Trinajstić information content (AvgIpc) is 3.02. The van der Waals surface area contributed by atoms with Gasteiger partial charge in [-0.1, -0.05) is 30.4 Å². The first-order valence-electron chi connectivity index (χ1n) is 13.5. The Morgan fingerprint density at radius 2 is 1.49 bits per heavy atom. The van der Waals surface area contributed by atoms with Crippen LogP contribution in [0.15, 0.2) is 90.1 Å². The monoisotopic (exact) mass is 607 g/mol. The van der Waals surface area contributed by atoms with Crippen LogP contribution in [0.2, 0.25) is 0 Å². The molecule has 0 spiro atoms. The van der Waals surface area contributed by atoms with Crippen molar-refractivity contribution in [2.75, 3.05) is 23.7 Å². The molecule has 3 aromatic carbocycles. The Hall–Kier alpha value is -4.55. The molecule has 1 aliphatic rings. The van der Waals surface area contributed by atoms with Crippen molar-refractivity contribution in [3.8, 4) is 0 Å². The molecule has 0 radical (unpaired) electrons. The first kappa shape index (κ1) is 29.9. The number of halogens is 3. The molecule has 0 unspecified atom stereocenters. The molecular formula is C31H28F3N5O3S. The van der Waals surface area contributed by atoms with Gasteiger partial charge in [-0.3, -0.25) is 4.79 Å². The van der Waals surface area contributed by atoms with Crippen molar-refractivity contribution in [3.05, 3.63) is 107 Å². The van der Waals surface area contributed by atoms with Crippen molar-refractivity contribution in [3.63, 3.8) is 0 Å². The van der Waals surface area contributed by atoms with Crippen molar-refractivity contribution in [2.24, 2.45) is 0 Å². The second-order valence-electron chi connectivity index (χ2n) is 9.97. The molecule has 0 aliphatic carbocycles. The van der Waals surface area contributed by atoms with E-state index in [0.29, 0.717) is 48.1 Å². The summed E-state index contributed by atoms with van der Waals surface area (Å²) in [5.41, 5.74) is 1.68. The van der Waals surface area contributed by atoms with Gasteiger partial charge < -0.3 is 16.0 Å². The van der Waals surface area contributed by atoms with Crippen LogP contribution in [0.25, 0.3) is 12.2 Å². The highest BCUT2D eigenvalue weighted by Crippen LogP contribution is 2.30. The number of hydrogen-bond acceptors (Lipinski definition) is 7. The Bertz CT molecular complexity index is 1700. The van der Waals surface area contributed by atoms with Gasteiger partial charge in [0, 0.05) is 34.9 Å². The van der Waals surface area contributed by atoms with E-state index in [-0.39, 0.29) is 10.8 Å². The summed E-state index contributed by atoms with van der Waals surface area (Å²) in [6.45, 7) is 1.40. The van der Waals surface area contributed by atoms with Crippen molar-refractivity contribution in [1.29, 1.82) is 0 Å². The minimum atomic E-state index is -4.53. The number of nitrogens with one attached hydrogen (secondary N) is 3. The number of hydrogen-bond donors (Lipinski definition) is 3. The van der Waals surface area contributed by atoms with Crippen LogP contribution in [0.5, 0.6) is 0 Å². The predicted molar refractivity (Wildman–Crippen MR) is 160 cm³/mol. The normalized spacial score (nSPS) is 14.5. The Labute approximate surface area is 247 Å². The summed E-state index contributed by atoms with van der Waals surface area (Å²) < 4.78 is 64.6. The number of anilines is 3. The van der Waals surface area contributed by atoms with E-state index in [4.69, 9.17) is 0 Å². The van der Waals surface area contributed by atoms with Gasteiger partial charge in [-0.15, -0.1) is 0 Å². The number of benzene rings is 3. The van der Waals surface area contributed by atoms with Crippen LogP contribution in [-0.4, -0.2) is 42.6 Å². The van der Waals surface area contributed by atoms with Gasteiger partial charge in [0.1, 0.15) is 0 Å². The highest BCUT2D eigenvalue weighted by atomic mass is 32.2. The quantitative estimate of drug-likeness (QED) is 0.219. The van der Waals surface area contributed by atoms with Gasteiger partial charge in [0.05, 0.1) is 15.7 Å². The van der Waals surface area contributed by atoms with E-state index in [0.717, 1.165) is 23.3 Å². The minimum absolute atomic E-state index is 0.0886.